The second kappa shape index (κ2) is 4.61. The number of carbonyl (C=O) groups excluding carboxylic acids is 1. The Labute approximate surface area is 100.0 Å². The van der Waals surface area contributed by atoms with E-state index in [1.54, 1.807) is 0 Å². The normalized spacial score (nSPS) is 11.1. The van der Waals surface area contributed by atoms with Crippen molar-refractivity contribution in [2.24, 2.45) is 0 Å². The number of anilines is 2. The van der Waals surface area contributed by atoms with Gasteiger partial charge < -0.3 is 15.8 Å². The number of nitrogen functional groups attached to an aromatic ring is 1. The first-order valence-corrected chi connectivity index (χ1v) is 5.20. The first-order valence-electron chi connectivity index (χ1n) is 5.20. The van der Waals surface area contributed by atoms with Crippen LogP contribution >= 0.6 is 0 Å². The van der Waals surface area contributed by atoms with Crippen molar-refractivity contribution in [3.05, 3.63) is 23.5 Å². The molecule has 1 aromatic rings. The first-order chi connectivity index (χ1) is 7.74. The quantitative estimate of drug-likeness (QED) is 0.615. The lowest BCUT2D eigenvalue weighted by atomic mass is 10.1. The topological polar surface area (TPSA) is 64.3 Å². The van der Waals surface area contributed by atoms with E-state index in [1.807, 2.05) is 20.8 Å². The van der Waals surface area contributed by atoms with Gasteiger partial charge in [-0.1, -0.05) is 0 Å². The predicted molar refractivity (Wildman–Crippen MR) is 65.5 cm³/mol. The number of carbonyl (C=O) groups is 1. The zero-order chi connectivity index (χ0) is 13.2. The third-order valence-corrected chi connectivity index (χ3v) is 2.05. The lowest BCUT2D eigenvalue weighted by molar-refractivity contribution is 0.0602. The van der Waals surface area contributed by atoms with E-state index in [0.29, 0.717) is 0 Å². The lowest BCUT2D eigenvalue weighted by Crippen LogP contribution is -2.27. The number of ether oxygens (including phenoxy) is 1. The molecule has 0 fully saturated rings. The molecule has 94 valence electrons. The number of halogens is 1. The SMILES string of the molecule is COC(=O)c1cc(NC(C)(C)C)c(F)cc1N. The molecule has 0 aliphatic heterocycles. The molecule has 0 unspecified atom stereocenters. The van der Waals surface area contributed by atoms with Crippen LogP contribution in [0.1, 0.15) is 31.1 Å². The van der Waals surface area contributed by atoms with Crippen LogP contribution < -0.4 is 11.1 Å². The summed E-state index contributed by atoms with van der Waals surface area (Å²) in [6.07, 6.45) is 0. The van der Waals surface area contributed by atoms with Crippen molar-refractivity contribution in [1.29, 1.82) is 0 Å². The number of nitrogens with two attached hydrogens (primary N) is 1. The molecule has 0 radical (unpaired) electrons. The second-order valence-electron chi connectivity index (χ2n) is 4.79. The highest BCUT2D eigenvalue weighted by Crippen LogP contribution is 2.25. The van der Waals surface area contributed by atoms with Crippen molar-refractivity contribution < 1.29 is 13.9 Å². The Hall–Kier alpha value is -1.78. The fraction of sp³-hybridized carbons (Fsp3) is 0.417. The molecule has 0 bridgehead atoms. The van der Waals surface area contributed by atoms with Gasteiger partial charge in [0.1, 0.15) is 5.82 Å². The number of benzene rings is 1. The van der Waals surface area contributed by atoms with E-state index < -0.39 is 11.8 Å². The Morgan fingerprint density at radius 1 is 1.41 bits per heavy atom. The number of hydrogen-bond donors (Lipinski definition) is 2. The van der Waals surface area contributed by atoms with Gasteiger partial charge in [-0.25, -0.2) is 9.18 Å². The van der Waals surface area contributed by atoms with Crippen molar-refractivity contribution >= 4 is 17.3 Å². The molecule has 0 saturated carbocycles. The highest BCUT2D eigenvalue weighted by Gasteiger charge is 2.17. The van der Waals surface area contributed by atoms with E-state index in [9.17, 15) is 9.18 Å². The van der Waals surface area contributed by atoms with Crippen LogP contribution in [0, 0.1) is 5.82 Å². The van der Waals surface area contributed by atoms with Crippen LogP contribution in [-0.2, 0) is 4.74 Å². The smallest absolute Gasteiger partial charge is 0.340 e. The van der Waals surface area contributed by atoms with Gasteiger partial charge in [0.25, 0.3) is 0 Å². The Kier molecular flexibility index (Phi) is 3.60. The van der Waals surface area contributed by atoms with Crippen molar-refractivity contribution in [3.8, 4) is 0 Å². The molecule has 1 rings (SSSR count). The number of hydrogen-bond acceptors (Lipinski definition) is 4. The van der Waals surface area contributed by atoms with E-state index in [1.165, 1.54) is 13.2 Å². The molecule has 17 heavy (non-hydrogen) atoms. The van der Waals surface area contributed by atoms with E-state index in [4.69, 9.17) is 5.73 Å². The first kappa shape index (κ1) is 13.3. The van der Waals surface area contributed by atoms with E-state index in [-0.39, 0.29) is 22.5 Å². The number of methoxy groups -OCH3 is 1. The minimum atomic E-state index is -0.584. The molecule has 0 aliphatic carbocycles. The average Bonchev–Trinajstić information content (AvgIpc) is 2.19. The predicted octanol–water partition coefficient (Wildman–Crippen LogP) is 2.40. The summed E-state index contributed by atoms with van der Waals surface area (Å²) >= 11 is 0. The molecular weight excluding hydrogens is 223 g/mol. The standard InChI is InChI=1S/C12H17FN2O2/c1-12(2,3)15-10-5-7(11(16)17-4)9(14)6-8(10)13/h5-6,15H,14H2,1-4H3. The van der Waals surface area contributed by atoms with Crippen LogP contribution in [0.5, 0.6) is 0 Å². The molecule has 0 aliphatic rings. The monoisotopic (exact) mass is 240 g/mol. The van der Waals surface area contributed by atoms with E-state index in [0.717, 1.165) is 6.07 Å². The number of nitrogens with one attached hydrogen (secondary N) is 1. The second-order valence-corrected chi connectivity index (χ2v) is 4.79. The molecule has 4 nitrogen and oxygen atoms in total. The fourth-order valence-corrected chi connectivity index (χ4v) is 1.38. The zero-order valence-corrected chi connectivity index (χ0v) is 10.4. The zero-order valence-electron chi connectivity index (χ0n) is 10.4. The van der Waals surface area contributed by atoms with Gasteiger partial charge in [-0.15, -0.1) is 0 Å². The third-order valence-electron chi connectivity index (χ3n) is 2.05. The van der Waals surface area contributed by atoms with Crippen molar-refractivity contribution in [2.75, 3.05) is 18.2 Å². The minimum Gasteiger partial charge on any atom is -0.465 e. The molecule has 5 heteroatoms. The van der Waals surface area contributed by atoms with Crippen LogP contribution in [-0.4, -0.2) is 18.6 Å². The van der Waals surface area contributed by atoms with Gasteiger partial charge in [-0.05, 0) is 32.9 Å². The molecule has 0 spiro atoms. The van der Waals surface area contributed by atoms with Crippen LogP contribution in [0.15, 0.2) is 12.1 Å². The summed E-state index contributed by atoms with van der Waals surface area (Å²) in [5.74, 6) is -1.08. The highest BCUT2D eigenvalue weighted by atomic mass is 19.1. The van der Waals surface area contributed by atoms with Gasteiger partial charge in [-0.2, -0.15) is 0 Å². The van der Waals surface area contributed by atoms with Crippen LogP contribution in [0.4, 0.5) is 15.8 Å². The van der Waals surface area contributed by atoms with Crippen LogP contribution in [0.2, 0.25) is 0 Å². The summed E-state index contributed by atoms with van der Waals surface area (Å²) in [4.78, 5) is 11.4. The molecule has 0 amide bonds. The molecule has 0 aromatic heterocycles. The van der Waals surface area contributed by atoms with Gasteiger partial charge in [0.2, 0.25) is 0 Å². The minimum absolute atomic E-state index is 0.0637. The van der Waals surface area contributed by atoms with Gasteiger partial charge in [0, 0.05) is 11.2 Å². The Bertz CT molecular complexity index is 439. The van der Waals surface area contributed by atoms with Crippen LogP contribution in [0.25, 0.3) is 0 Å². The van der Waals surface area contributed by atoms with E-state index in [2.05, 4.69) is 10.1 Å². The summed E-state index contributed by atoms with van der Waals surface area (Å²) in [6.45, 7) is 5.67. The Morgan fingerprint density at radius 2 is 2.00 bits per heavy atom. The number of esters is 1. The molecule has 0 heterocycles. The summed E-state index contributed by atoms with van der Waals surface area (Å²) in [5, 5.41) is 2.96. The molecule has 3 N–H and O–H groups in total. The van der Waals surface area contributed by atoms with Gasteiger partial charge in [-0.3, -0.25) is 0 Å². The molecule has 0 saturated heterocycles. The van der Waals surface area contributed by atoms with Crippen LogP contribution in [0.3, 0.4) is 0 Å². The number of rotatable bonds is 2. The van der Waals surface area contributed by atoms with Gasteiger partial charge in [0.05, 0.1) is 18.4 Å². The summed E-state index contributed by atoms with van der Waals surface area (Å²) in [5.41, 5.74) is 5.69. The Morgan fingerprint density at radius 3 is 2.47 bits per heavy atom. The summed E-state index contributed by atoms with van der Waals surface area (Å²) in [7, 11) is 1.25. The maximum absolute atomic E-state index is 13.6. The Balaban J connectivity index is 3.19. The van der Waals surface area contributed by atoms with Gasteiger partial charge in [0.15, 0.2) is 0 Å². The maximum atomic E-state index is 13.6. The van der Waals surface area contributed by atoms with Crippen molar-refractivity contribution in [2.45, 2.75) is 26.3 Å². The molecule has 0 atom stereocenters. The highest BCUT2D eigenvalue weighted by molar-refractivity contribution is 5.96. The van der Waals surface area contributed by atoms with Crippen molar-refractivity contribution in [3.63, 3.8) is 0 Å². The third kappa shape index (κ3) is 3.34. The summed E-state index contributed by atoms with van der Waals surface area (Å²) in [6, 6.07) is 2.47. The fourth-order valence-electron chi connectivity index (χ4n) is 1.38. The average molecular weight is 240 g/mol. The maximum Gasteiger partial charge on any atom is 0.340 e. The summed E-state index contributed by atoms with van der Waals surface area (Å²) < 4.78 is 18.2. The molecule has 1 aromatic carbocycles. The largest absolute Gasteiger partial charge is 0.465 e. The van der Waals surface area contributed by atoms with E-state index >= 15 is 0 Å². The van der Waals surface area contributed by atoms with Gasteiger partial charge >= 0.3 is 5.97 Å². The molecular formula is C12H17FN2O2. The lowest BCUT2D eigenvalue weighted by Gasteiger charge is -2.23. The van der Waals surface area contributed by atoms with Crippen molar-refractivity contribution in [1.82, 2.24) is 0 Å².